The van der Waals surface area contributed by atoms with Gasteiger partial charge in [0.05, 0.1) is 12.9 Å². The number of carbonyl (C=O) groups is 1. The van der Waals surface area contributed by atoms with E-state index in [2.05, 4.69) is 15.5 Å². The first-order chi connectivity index (χ1) is 14.0. The molecule has 0 aliphatic rings. The van der Waals surface area contributed by atoms with Gasteiger partial charge in [-0.1, -0.05) is 30.0 Å². The van der Waals surface area contributed by atoms with Crippen LogP contribution in [0.4, 0.5) is 10.1 Å². The Kier molecular flexibility index (Phi) is 6.87. The zero-order valence-corrected chi connectivity index (χ0v) is 17.4. The van der Waals surface area contributed by atoms with Gasteiger partial charge in [0.15, 0.2) is 5.16 Å². The van der Waals surface area contributed by atoms with Crippen molar-refractivity contribution in [3.63, 3.8) is 0 Å². The van der Waals surface area contributed by atoms with Crippen LogP contribution >= 0.6 is 11.8 Å². The highest BCUT2D eigenvalue weighted by Crippen LogP contribution is 2.21. The molecule has 1 aromatic heterocycles. The monoisotopic (exact) mass is 414 g/mol. The van der Waals surface area contributed by atoms with Crippen LogP contribution in [-0.2, 0) is 17.8 Å². The minimum absolute atomic E-state index is 0.163. The number of methoxy groups -OCH3 is 1. The minimum atomic E-state index is -0.343. The van der Waals surface area contributed by atoms with E-state index in [0.717, 1.165) is 17.1 Å². The molecule has 8 heteroatoms. The maximum Gasteiger partial charge on any atom is 0.234 e. The Balaban J connectivity index is 1.63. The summed E-state index contributed by atoms with van der Waals surface area (Å²) in [6, 6.07) is 12.4. The van der Waals surface area contributed by atoms with E-state index < -0.39 is 0 Å². The fourth-order valence-electron chi connectivity index (χ4n) is 2.86. The topological polar surface area (TPSA) is 69.0 Å². The third-order valence-corrected chi connectivity index (χ3v) is 5.47. The summed E-state index contributed by atoms with van der Waals surface area (Å²) in [5.41, 5.74) is 2.00. The van der Waals surface area contributed by atoms with E-state index in [9.17, 15) is 9.18 Å². The van der Waals surface area contributed by atoms with Crippen molar-refractivity contribution in [1.29, 1.82) is 0 Å². The van der Waals surface area contributed by atoms with Gasteiger partial charge in [0.2, 0.25) is 5.91 Å². The molecule has 0 saturated heterocycles. The van der Waals surface area contributed by atoms with Gasteiger partial charge in [0.25, 0.3) is 0 Å². The van der Waals surface area contributed by atoms with Crippen molar-refractivity contribution >= 4 is 23.4 Å². The Bertz CT molecular complexity index is 989. The van der Waals surface area contributed by atoms with Crippen molar-refractivity contribution in [2.75, 3.05) is 18.2 Å². The van der Waals surface area contributed by atoms with E-state index in [-0.39, 0.29) is 17.5 Å². The third-order valence-electron chi connectivity index (χ3n) is 4.51. The van der Waals surface area contributed by atoms with Crippen LogP contribution in [0.1, 0.15) is 23.9 Å². The number of nitrogens with zero attached hydrogens (tertiary/aromatic N) is 3. The molecule has 0 bridgehead atoms. The zero-order chi connectivity index (χ0) is 20.8. The predicted molar refractivity (Wildman–Crippen MR) is 112 cm³/mol. The number of hydrogen-bond donors (Lipinski definition) is 1. The standard InChI is InChI=1S/C21H23FN4O2S/c1-4-26-19(12-15-8-10-16(28-3)11-9-15)24-25-21(26)29-13-20(27)23-18-7-5-6-17(22)14(18)2/h5-11H,4,12-13H2,1-3H3,(H,23,27). The average Bonchev–Trinajstić information content (AvgIpc) is 3.12. The van der Waals surface area contributed by atoms with Crippen LogP contribution in [0.25, 0.3) is 0 Å². The lowest BCUT2D eigenvalue weighted by atomic mass is 10.1. The number of anilines is 1. The van der Waals surface area contributed by atoms with Crippen molar-refractivity contribution in [2.24, 2.45) is 0 Å². The fraction of sp³-hybridized carbons (Fsp3) is 0.286. The Labute approximate surface area is 173 Å². The van der Waals surface area contributed by atoms with E-state index in [1.807, 2.05) is 35.8 Å². The molecule has 1 heterocycles. The Morgan fingerprint density at radius 1 is 1.21 bits per heavy atom. The largest absolute Gasteiger partial charge is 0.497 e. The molecule has 0 unspecified atom stereocenters. The van der Waals surface area contributed by atoms with Crippen molar-refractivity contribution in [3.8, 4) is 5.75 Å². The molecule has 0 radical (unpaired) electrons. The Morgan fingerprint density at radius 2 is 1.97 bits per heavy atom. The number of halogens is 1. The van der Waals surface area contributed by atoms with E-state index in [1.165, 1.54) is 17.8 Å². The predicted octanol–water partition coefficient (Wildman–Crippen LogP) is 4.08. The molecule has 0 atom stereocenters. The number of aromatic nitrogens is 3. The molecule has 1 N–H and O–H groups in total. The first-order valence-electron chi connectivity index (χ1n) is 9.24. The summed E-state index contributed by atoms with van der Waals surface area (Å²) in [5.74, 6) is 1.25. The van der Waals surface area contributed by atoms with Gasteiger partial charge < -0.3 is 14.6 Å². The number of thioether (sulfide) groups is 1. The maximum atomic E-state index is 13.6. The number of carbonyl (C=O) groups excluding carboxylic acids is 1. The summed E-state index contributed by atoms with van der Waals surface area (Å²) in [5, 5.41) is 12.0. The smallest absolute Gasteiger partial charge is 0.234 e. The van der Waals surface area contributed by atoms with Crippen molar-refractivity contribution < 1.29 is 13.9 Å². The van der Waals surface area contributed by atoms with Crippen LogP contribution in [0, 0.1) is 12.7 Å². The van der Waals surface area contributed by atoms with E-state index in [1.54, 1.807) is 26.2 Å². The summed E-state index contributed by atoms with van der Waals surface area (Å²) < 4.78 is 20.8. The fourth-order valence-corrected chi connectivity index (χ4v) is 3.68. The summed E-state index contributed by atoms with van der Waals surface area (Å²) in [6.07, 6.45) is 0.639. The van der Waals surface area contributed by atoms with Crippen LogP contribution in [0.5, 0.6) is 5.75 Å². The molecular weight excluding hydrogens is 391 g/mol. The average molecular weight is 415 g/mol. The molecule has 0 spiro atoms. The van der Waals surface area contributed by atoms with Gasteiger partial charge in [-0.05, 0) is 43.7 Å². The second-order valence-corrected chi connectivity index (χ2v) is 7.36. The lowest BCUT2D eigenvalue weighted by Gasteiger charge is -2.10. The Hall–Kier alpha value is -2.87. The second-order valence-electron chi connectivity index (χ2n) is 6.42. The van der Waals surface area contributed by atoms with Crippen molar-refractivity contribution in [2.45, 2.75) is 32.0 Å². The molecule has 6 nitrogen and oxygen atoms in total. The molecule has 0 aliphatic carbocycles. The molecular formula is C21H23FN4O2S. The van der Waals surface area contributed by atoms with E-state index in [4.69, 9.17) is 4.74 Å². The molecule has 152 valence electrons. The van der Waals surface area contributed by atoms with Crippen molar-refractivity contribution in [1.82, 2.24) is 14.8 Å². The zero-order valence-electron chi connectivity index (χ0n) is 16.6. The van der Waals surface area contributed by atoms with Crippen molar-refractivity contribution in [3.05, 3.63) is 65.2 Å². The van der Waals surface area contributed by atoms with Crippen LogP contribution < -0.4 is 10.1 Å². The van der Waals surface area contributed by atoms with Gasteiger partial charge >= 0.3 is 0 Å². The van der Waals surface area contributed by atoms with Gasteiger partial charge in [0, 0.05) is 24.2 Å². The number of nitrogens with one attached hydrogen (secondary N) is 1. The molecule has 0 aliphatic heterocycles. The van der Waals surface area contributed by atoms with Crippen LogP contribution in [0.2, 0.25) is 0 Å². The van der Waals surface area contributed by atoms with Gasteiger partial charge in [0.1, 0.15) is 17.4 Å². The number of rotatable bonds is 8. The molecule has 1 amide bonds. The van der Waals surface area contributed by atoms with Gasteiger partial charge in [-0.2, -0.15) is 0 Å². The molecule has 2 aromatic carbocycles. The summed E-state index contributed by atoms with van der Waals surface area (Å²) >= 11 is 1.31. The van der Waals surface area contributed by atoms with Crippen LogP contribution in [-0.4, -0.2) is 33.5 Å². The highest BCUT2D eigenvalue weighted by Gasteiger charge is 2.14. The first-order valence-corrected chi connectivity index (χ1v) is 10.2. The van der Waals surface area contributed by atoms with Crippen LogP contribution in [0.3, 0.4) is 0 Å². The molecule has 0 saturated carbocycles. The van der Waals surface area contributed by atoms with Crippen LogP contribution in [0.15, 0.2) is 47.6 Å². The lowest BCUT2D eigenvalue weighted by Crippen LogP contribution is -2.16. The van der Waals surface area contributed by atoms with Gasteiger partial charge in [-0.15, -0.1) is 10.2 Å². The molecule has 29 heavy (non-hydrogen) atoms. The highest BCUT2D eigenvalue weighted by molar-refractivity contribution is 7.99. The Morgan fingerprint density at radius 3 is 2.66 bits per heavy atom. The highest BCUT2D eigenvalue weighted by atomic mass is 32.2. The van der Waals surface area contributed by atoms with Gasteiger partial charge in [-0.25, -0.2) is 4.39 Å². The number of hydrogen-bond acceptors (Lipinski definition) is 5. The molecule has 0 fully saturated rings. The van der Waals surface area contributed by atoms with Gasteiger partial charge in [-0.3, -0.25) is 4.79 Å². The SMILES string of the molecule is CCn1c(Cc2ccc(OC)cc2)nnc1SCC(=O)Nc1cccc(F)c1C. The first kappa shape index (κ1) is 20.9. The summed E-state index contributed by atoms with van der Waals surface area (Å²) in [7, 11) is 1.64. The summed E-state index contributed by atoms with van der Waals surface area (Å²) in [4.78, 5) is 12.3. The maximum absolute atomic E-state index is 13.6. The number of ether oxygens (including phenoxy) is 1. The van der Waals surface area contributed by atoms with E-state index >= 15 is 0 Å². The molecule has 3 aromatic rings. The quantitative estimate of drug-likeness (QED) is 0.563. The minimum Gasteiger partial charge on any atom is -0.497 e. The number of amides is 1. The van der Waals surface area contributed by atoms with E-state index in [0.29, 0.717) is 29.4 Å². The lowest BCUT2D eigenvalue weighted by molar-refractivity contribution is -0.113. The molecule has 3 rings (SSSR count). The summed E-state index contributed by atoms with van der Waals surface area (Å²) in [6.45, 7) is 4.35. The normalized spacial score (nSPS) is 10.8. The third kappa shape index (κ3) is 5.14. The number of benzene rings is 2. The second kappa shape index (κ2) is 9.56.